The quantitative estimate of drug-likeness (QED) is 0.416. The van der Waals surface area contributed by atoms with E-state index in [0.717, 1.165) is 0 Å². The third-order valence-corrected chi connectivity index (χ3v) is 8.18. The molecule has 0 unspecified atom stereocenters. The lowest BCUT2D eigenvalue weighted by Crippen LogP contribution is -2.44. The van der Waals surface area contributed by atoms with Gasteiger partial charge >= 0.3 is 11.9 Å². The zero-order valence-electron chi connectivity index (χ0n) is 12.6. The smallest absolute Gasteiger partial charge is 0.310 e. The average Bonchev–Trinajstić information content (AvgIpc) is 3.10. The average molecular weight is 460 g/mol. The van der Waals surface area contributed by atoms with E-state index in [1.54, 1.807) is 30.3 Å². The third kappa shape index (κ3) is 3.04. The largest absolute Gasteiger partial charge is 0.481 e. The molecule has 0 saturated heterocycles. The summed E-state index contributed by atoms with van der Waals surface area (Å²) >= 11 is 7.07. The Bertz CT molecular complexity index is 662. The van der Waals surface area contributed by atoms with E-state index < -0.39 is 23.8 Å². The van der Waals surface area contributed by atoms with E-state index in [9.17, 15) is 19.5 Å². The molecule has 128 valence electrons. The molecule has 0 spiro atoms. The lowest BCUT2D eigenvalue weighted by molar-refractivity contribution is -0.159. The molecule has 2 bridgehead atoms. The van der Waals surface area contributed by atoms with E-state index in [4.69, 9.17) is 4.74 Å². The van der Waals surface area contributed by atoms with Crippen molar-refractivity contribution in [3.63, 3.8) is 0 Å². The fourth-order valence-corrected chi connectivity index (χ4v) is 5.74. The van der Waals surface area contributed by atoms with Crippen molar-refractivity contribution in [1.82, 2.24) is 0 Å². The van der Waals surface area contributed by atoms with Crippen LogP contribution < -0.4 is 0 Å². The van der Waals surface area contributed by atoms with Gasteiger partial charge in [0.25, 0.3) is 0 Å². The molecule has 5 nitrogen and oxygen atoms in total. The number of hydrogen-bond donors (Lipinski definition) is 1. The Morgan fingerprint density at radius 1 is 1.04 bits per heavy atom. The van der Waals surface area contributed by atoms with Crippen LogP contribution in [0.25, 0.3) is 0 Å². The number of benzene rings is 1. The van der Waals surface area contributed by atoms with Crippen molar-refractivity contribution < 1.29 is 24.2 Å². The second-order valence-electron chi connectivity index (χ2n) is 6.24. The summed E-state index contributed by atoms with van der Waals surface area (Å²) in [5, 5.41) is 9.50. The number of alkyl halides is 2. The fourth-order valence-electron chi connectivity index (χ4n) is 3.87. The summed E-state index contributed by atoms with van der Waals surface area (Å²) in [6.45, 7) is -0.367. The highest BCUT2D eigenvalue weighted by Crippen LogP contribution is 2.57. The highest BCUT2D eigenvalue weighted by Gasteiger charge is 2.62. The highest BCUT2D eigenvalue weighted by atomic mass is 79.9. The number of ketones is 1. The van der Waals surface area contributed by atoms with Crippen molar-refractivity contribution in [1.29, 1.82) is 0 Å². The first kappa shape index (κ1) is 17.6. The summed E-state index contributed by atoms with van der Waals surface area (Å²) < 4.78 is 5.17. The van der Waals surface area contributed by atoms with Gasteiger partial charge < -0.3 is 9.84 Å². The van der Waals surface area contributed by atoms with Gasteiger partial charge in [0.05, 0.1) is 11.8 Å². The summed E-state index contributed by atoms with van der Waals surface area (Å²) in [6.07, 6.45) is 0.662. The van der Waals surface area contributed by atoms with Crippen molar-refractivity contribution in [2.75, 3.05) is 6.61 Å². The van der Waals surface area contributed by atoms with Gasteiger partial charge in [-0.15, -0.1) is 0 Å². The fraction of sp³-hybridized carbons (Fsp3) is 0.471. The highest BCUT2D eigenvalue weighted by molar-refractivity contribution is 9.12. The first-order valence-corrected chi connectivity index (χ1v) is 9.50. The van der Waals surface area contributed by atoms with Gasteiger partial charge in [-0.2, -0.15) is 0 Å². The number of esters is 1. The minimum Gasteiger partial charge on any atom is -0.481 e. The number of fused-ring (bicyclic) bond motifs is 2. The van der Waals surface area contributed by atoms with E-state index in [0.29, 0.717) is 12.0 Å². The maximum atomic E-state index is 12.5. The van der Waals surface area contributed by atoms with Crippen LogP contribution in [-0.2, 0) is 14.3 Å². The summed E-state index contributed by atoms with van der Waals surface area (Å²) in [5.74, 6) is -3.57. The molecule has 7 heteroatoms. The number of halogens is 2. The second-order valence-corrected chi connectivity index (χ2v) is 8.35. The van der Waals surface area contributed by atoms with Gasteiger partial charge in [-0.3, -0.25) is 14.4 Å². The maximum Gasteiger partial charge on any atom is 0.310 e. The van der Waals surface area contributed by atoms with E-state index in [1.165, 1.54) is 0 Å². The number of carboxylic acids is 1. The Labute approximate surface area is 156 Å². The number of aliphatic carboxylic acids is 1. The van der Waals surface area contributed by atoms with Gasteiger partial charge in [-0.1, -0.05) is 62.2 Å². The van der Waals surface area contributed by atoms with Crippen molar-refractivity contribution in [3.05, 3.63) is 35.9 Å². The number of carbonyl (C=O) groups excluding carboxylic acids is 2. The minimum absolute atomic E-state index is 0.0265. The number of carboxylic acid groups (broad SMARTS) is 1. The third-order valence-electron chi connectivity index (χ3n) is 4.97. The minimum atomic E-state index is -0.984. The van der Waals surface area contributed by atoms with Gasteiger partial charge in [0.2, 0.25) is 0 Å². The van der Waals surface area contributed by atoms with Gasteiger partial charge in [-0.05, 0) is 18.3 Å². The molecule has 2 fully saturated rings. The summed E-state index contributed by atoms with van der Waals surface area (Å²) in [6, 6.07) is 8.56. The van der Waals surface area contributed by atoms with Gasteiger partial charge in [0.15, 0.2) is 12.4 Å². The van der Waals surface area contributed by atoms with Crippen LogP contribution in [0.5, 0.6) is 0 Å². The molecule has 0 radical (unpaired) electrons. The van der Waals surface area contributed by atoms with Crippen LogP contribution in [0.3, 0.4) is 0 Å². The van der Waals surface area contributed by atoms with Crippen molar-refractivity contribution >= 4 is 49.6 Å². The molecule has 2 saturated carbocycles. The molecule has 1 aromatic carbocycles. The normalized spacial score (nSPS) is 34.1. The van der Waals surface area contributed by atoms with Crippen molar-refractivity contribution in [3.8, 4) is 0 Å². The van der Waals surface area contributed by atoms with Crippen LogP contribution in [-0.4, -0.2) is 39.1 Å². The molecule has 2 aliphatic rings. The van der Waals surface area contributed by atoms with E-state index in [-0.39, 0.29) is 33.9 Å². The summed E-state index contributed by atoms with van der Waals surface area (Å²) in [7, 11) is 0. The molecule has 2 aliphatic carbocycles. The molecule has 1 aromatic rings. The van der Waals surface area contributed by atoms with Gasteiger partial charge in [0.1, 0.15) is 0 Å². The first-order chi connectivity index (χ1) is 11.4. The molecule has 0 aliphatic heterocycles. The van der Waals surface area contributed by atoms with E-state index in [2.05, 4.69) is 31.9 Å². The monoisotopic (exact) mass is 458 g/mol. The number of Topliss-reactive ketones (excluding diaryl/α,β-unsaturated/α-hetero) is 1. The van der Waals surface area contributed by atoms with E-state index in [1.807, 2.05) is 0 Å². The number of hydrogen-bond acceptors (Lipinski definition) is 4. The molecule has 0 heterocycles. The number of carbonyl (C=O) groups is 3. The van der Waals surface area contributed by atoms with Crippen LogP contribution in [0.1, 0.15) is 16.8 Å². The summed E-state index contributed by atoms with van der Waals surface area (Å²) in [4.78, 5) is 36.2. The Hall–Kier alpha value is -1.21. The van der Waals surface area contributed by atoms with Crippen LogP contribution in [0, 0.1) is 23.7 Å². The topological polar surface area (TPSA) is 80.7 Å². The van der Waals surface area contributed by atoms with Crippen LogP contribution >= 0.6 is 31.9 Å². The molecule has 0 aromatic heterocycles. The van der Waals surface area contributed by atoms with E-state index >= 15 is 0 Å². The van der Waals surface area contributed by atoms with Gasteiger partial charge in [-0.25, -0.2) is 0 Å². The standard InChI is InChI=1S/C17H16Br2O5/c18-14-9-6-10(15(14)19)13(12(9)16(21)22)17(23)24-7-11(20)8-4-2-1-3-5-8/h1-5,9-10,12-15H,6-7H2,(H,21,22)/t9-,10-,12-,13+,14-,15+/m0/s1. The van der Waals surface area contributed by atoms with Crippen LogP contribution in [0.15, 0.2) is 30.3 Å². The SMILES string of the molecule is O=C(COC(=O)[C@@H]1[C@@H]2C[C@H]([C@H](Br)[C@@H]2Br)[C@@H]1C(=O)O)c1ccccc1. The van der Waals surface area contributed by atoms with Crippen LogP contribution in [0.2, 0.25) is 0 Å². The molecule has 0 amide bonds. The van der Waals surface area contributed by atoms with Crippen LogP contribution in [0.4, 0.5) is 0 Å². The Balaban J connectivity index is 1.68. The van der Waals surface area contributed by atoms with Crippen molar-refractivity contribution in [2.45, 2.75) is 16.1 Å². The molecule has 1 N–H and O–H groups in total. The lowest BCUT2D eigenvalue weighted by Gasteiger charge is -2.32. The summed E-state index contributed by atoms with van der Waals surface area (Å²) in [5.41, 5.74) is 0.465. The number of ether oxygens (including phenoxy) is 1. The zero-order valence-corrected chi connectivity index (χ0v) is 15.8. The predicted molar refractivity (Wildman–Crippen MR) is 93.4 cm³/mol. The second kappa shape index (κ2) is 6.96. The Morgan fingerprint density at radius 2 is 1.62 bits per heavy atom. The molecule has 6 atom stereocenters. The lowest BCUT2D eigenvalue weighted by atomic mass is 9.79. The molecular formula is C17H16Br2O5. The Morgan fingerprint density at radius 3 is 2.21 bits per heavy atom. The molecule has 3 rings (SSSR count). The molecular weight excluding hydrogens is 444 g/mol. The number of rotatable bonds is 5. The first-order valence-electron chi connectivity index (χ1n) is 7.67. The predicted octanol–water partition coefficient (Wildman–Crippen LogP) is 2.91. The van der Waals surface area contributed by atoms with Gasteiger partial charge in [0, 0.05) is 15.2 Å². The maximum absolute atomic E-state index is 12.5. The molecule has 24 heavy (non-hydrogen) atoms. The van der Waals surface area contributed by atoms with Crippen molar-refractivity contribution in [2.24, 2.45) is 23.7 Å². The zero-order chi connectivity index (χ0) is 17.4. The Kier molecular flexibility index (Phi) is 5.11.